The molecule has 0 aliphatic carbocycles. The maximum atomic E-state index is 12.8. The molecule has 0 saturated carbocycles. The van der Waals surface area contributed by atoms with Crippen LogP contribution in [0.3, 0.4) is 0 Å². The molecular formula is C17H14F3N5O3. The molecular weight excluding hydrogens is 379 g/mol. The van der Waals surface area contributed by atoms with Crippen LogP contribution >= 0.6 is 0 Å². The van der Waals surface area contributed by atoms with E-state index in [1.807, 2.05) is 0 Å². The second-order valence-corrected chi connectivity index (χ2v) is 5.93. The predicted molar refractivity (Wildman–Crippen MR) is 91.0 cm³/mol. The number of hydrogen-bond acceptors (Lipinski definition) is 6. The fraction of sp³-hybridized carbons (Fsp3) is 0.176. The number of rotatable bonds is 4. The highest BCUT2D eigenvalue weighted by atomic mass is 19.4. The molecule has 2 aromatic heterocycles. The van der Waals surface area contributed by atoms with E-state index in [2.05, 4.69) is 15.0 Å². The van der Waals surface area contributed by atoms with Gasteiger partial charge in [-0.15, -0.1) is 0 Å². The average molecular weight is 393 g/mol. The Hall–Kier alpha value is -3.47. The summed E-state index contributed by atoms with van der Waals surface area (Å²) >= 11 is 0. The summed E-state index contributed by atoms with van der Waals surface area (Å²) in [4.78, 5) is 22.0. The number of halogens is 3. The SMILES string of the molecule is Cc1cc(N(O)c2nccc(C(F)(F)F)n2)cc(-n2cc(C(=O)O)nc2C)c1. The summed E-state index contributed by atoms with van der Waals surface area (Å²) in [5.41, 5.74) is -0.148. The van der Waals surface area contributed by atoms with E-state index in [-0.39, 0.29) is 11.4 Å². The number of carboxylic acid groups (broad SMARTS) is 1. The molecule has 8 nitrogen and oxygen atoms in total. The number of carbonyl (C=O) groups is 1. The van der Waals surface area contributed by atoms with Crippen LogP contribution in [0.5, 0.6) is 0 Å². The smallest absolute Gasteiger partial charge is 0.433 e. The molecule has 2 heterocycles. The molecule has 0 aliphatic rings. The van der Waals surface area contributed by atoms with Gasteiger partial charge in [0.1, 0.15) is 11.5 Å². The molecule has 11 heteroatoms. The largest absolute Gasteiger partial charge is 0.476 e. The number of imidazole rings is 1. The van der Waals surface area contributed by atoms with Crippen LogP contribution in [0.4, 0.5) is 24.8 Å². The Morgan fingerprint density at radius 1 is 1.18 bits per heavy atom. The molecule has 0 unspecified atom stereocenters. The zero-order chi connectivity index (χ0) is 20.6. The van der Waals surface area contributed by atoms with E-state index in [0.717, 1.165) is 6.20 Å². The van der Waals surface area contributed by atoms with Crippen molar-refractivity contribution >= 4 is 17.6 Å². The van der Waals surface area contributed by atoms with Crippen LogP contribution in [0.15, 0.2) is 36.7 Å². The minimum absolute atomic E-state index is 0.0966. The normalized spacial score (nSPS) is 11.5. The molecule has 2 N–H and O–H groups in total. The maximum Gasteiger partial charge on any atom is 0.433 e. The van der Waals surface area contributed by atoms with Gasteiger partial charge >= 0.3 is 12.1 Å². The van der Waals surface area contributed by atoms with Gasteiger partial charge in [-0.2, -0.15) is 18.2 Å². The molecule has 0 aliphatic heterocycles. The van der Waals surface area contributed by atoms with Gasteiger partial charge in [-0.25, -0.2) is 19.7 Å². The molecule has 0 fully saturated rings. The fourth-order valence-corrected chi connectivity index (χ4v) is 2.57. The molecule has 0 bridgehead atoms. The van der Waals surface area contributed by atoms with Crippen molar-refractivity contribution in [1.29, 1.82) is 0 Å². The number of nitrogens with zero attached hydrogens (tertiary/aromatic N) is 5. The highest BCUT2D eigenvalue weighted by molar-refractivity contribution is 5.85. The summed E-state index contributed by atoms with van der Waals surface area (Å²) in [6.45, 7) is 3.30. The Balaban J connectivity index is 2.03. The number of anilines is 2. The highest BCUT2D eigenvalue weighted by Crippen LogP contribution is 2.30. The van der Waals surface area contributed by atoms with Crippen molar-refractivity contribution < 1.29 is 28.3 Å². The lowest BCUT2D eigenvalue weighted by Crippen LogP contribution is -2.17. The van der Waals surface area contributed by atoms with Crippen molar-refractivity contribution in [2.24, 2.45) is 0 Å². The number of carboxylic acids is 1. The lowest BCUT2D eigenvalue weighted by molar-refractivity contribution is -0.141. The molecule has 146 valence electrons. The standard InChI is InChI=1S/C17H14F3N5O3/c1-9-5-11(24-8-13(15(26)27)22-10(24)2)7-12(6-9)25(28)16-21-4-3-14(23-16)17(18,19)20/h3-8,28H,1-2H3,(H,26,27). The summed E-state index contributed by atoms with van der Waals surface area (Å²) in [5, 5.41) is 19.9. The first-order valence-electron chi connectivity index (χ1n) is 7.87. The van der Waals surface area contributed by atoms with E-state index in [0.29, 0.717) is 28.2 Å². The highest BCUT2D eigenvalue weighted by Gasteiger charge is 2.33. The summed E-state index contributed by atoms with van der Waals surface area (Å²) in [7, 11) is 0. The van der Waals surface area contributed by atoms with Crippen LogP contribution in [0.2, 0.25) is 0 Å². The number of alkyl halides is 3. The number of aryl methyl sites for hydroxylation is 2. The molecule has 0 amide bonds. The Labute approximate surface area is 156 Å². The second-order valence-electron chi connectivity index (χ2n) is 5.93. The van der Waals surface area contributed by atoms with Crippen LogP contribution in [-0.2, 0) is 6.18 Å². The van der Waals surface area contributed by atoms with Crippen molar-refractivity contribution in [3.63, 3.8) is 0 Å². The Bertz CT molecular complexity index is 1050. The van der Waals surface area contributed by atoms with Crippen molar-refractivity contribution in [3.05, 3.63) is 59.4 Å². The Morgan fingerprint density at radius 3 is 2.50 bits per heavy atom. The third kappa shape index (κ3) is 3.78. The van der Waals surface area contributed by atoms with Crippen molar-refractivity contribution in [2.45, 2.75) is 20.0 Å². The van der Waals surface area contributed by atoms with Crippen LogP contribution in [-0.4, -0.2) is 35.8 Å². The van der Waals surface area contributed by atoms with Gasteiger partial charge in [0.25, 0.3) is 5.95 Å². The lowest BCUT2D eigenvalue weighted by atomic mass is 10.2. The monoisotopic (exact) mass is 393 g/mol. The van der Waals surface area contributed by atoms with Crippen molar-refractivity contribution in [3.8, 4) is 5.69 Å². The van der Waals surface area contributed by atoms with E-state index in [4.69, 9.17) is 5.11 Å². The Kier molecular flexibility index (Phi) is 4.77. The first kappa shape index (κ1) is 19.3. The van der Waals surface area contributed by atoms with Gasteiger partial charge in [0, 0.05) is 18.1 Å². The van der Waals surface area contributed by atoms with Gasteiger partial charge < -0.3 is 9.67 Å². The van der Waals surface area contributed by atoms with Gasteiger partial charge in [-0.3, -0.25) is 5.21 Å². The second kappa shape index (κ2) is 6.93. The van der Waals surface area contributed by atoms with Gasteiger partial charge in [0.2, 0.25) is 0 Å². The average Bonchev–Trinajstić information content (AvgIpc) is 3.02. The molecule has 0 spiro atoms. The van der Waals surface area contributed by atoms with Crippen LogP contribution in [0, 0.1) is 13.8 Å². The van der Waals surface area contributed by atoms with E-state index >= 15 is 0 Å². The van der Waals surface area contributed by atoms with Gasteiger partial charge in [-0.1, -0.05) is 0 Å². The van der Waals surface area contributed by atoms with Crippen molar-refractivity contribution in [2.75, 3.05) is 5.06 Å². The lowest BCUT2D eigenvalue weighted by Gasteiger charge is -2.18. The topological polar surface area (TPSA) is 104 Å². The van der Waals surface area contributed by atoms with Crippen LogP contribution in [0.25, 0.3) is 5.69 Å². The zero-order valence-corrected chi connectivity index (χ0v) is 14.6. The zero-order valence-electron chi connectivity index (χ0n) is 14.6. The third-order valence-corrected chi connectivity index (χ3v) is 3.79. The first-order valence-corrected chi connectivity index (χ1v) is 7.87. The van der Waals surface area contributed by atoms with Gasteiger partial charge in [-0.05, 0) is 43.7 Å². The molecule has 28 heavy (non-hydrogen) atoms. The molecule has 1 aromatic carbocycles. The van der Waals surface area contributed by atoms with Crippen LogP contribution < -0.4 is 5.06 Å². The number of benzene rings is 1. The quantitative estimate of drug-likeness (QED) is 0.654. The Morgan fingerprint density at radius 2 is 1.89 bits per heavy atom. The van der Waals surface area contributed by atoms with E-state index in [1.54, 1.807) is 19.9 Å². The fourth-order valence-electron chi connectivity index (χ4n) is 2.57. The van der Waals surface area contributed by atoms with Crippen LogP contribution in [0.1, 0.15) is 27.6 Å². The predicted octanol–water partition coefficient (Wildman–Crippen LogP) is 3.52. The van der Waals surface area contributed by atoms with E-state index < -0.39 is 23.8 Å². The van der Waals surface area contributed by atoms with Gasteiger partial charge in [0.15, 0.2) is 5.69 Å². The summed E-state index contributed by atoms with van der Waals surface area (Å²) < 4.78 is 40.0. The molecule has 0 radical (unpaired) electrons. The number of aromatic carboxylic acids is 1. The first-order chi connectivity index (χ1) is 13.1. The third-order valence-electron chi connectivity index (χ3n) is 3.79. The minimum atomic E-state index is -4.68. The summed E-state index contributed by atoms with van der Waals surface area (Å²) in [5.74, 6) is -1.37. The van der Waals surface area contributed by atoms with Crippen molar-refractivity contribution in [1.82, 2.24) is 19.5 Å². The number of hydrogen-bond donors (Lipinski definition) is 2. The summed E-state index contributed by atoms with van der Waals surface area (Å²) in [6.07, 6.45) is -2.49. The molecule has 3 aromatic rings. The van der Waals surface area contributed by atoms with Gasteiger partial charge in [0.05, 0.1) is 5.69 Å². The molecule has 3 rings (SSSR count). The molecule has 0 saturated heterocycles. The number of aromatic nitrogens is 4. The van der Waals surface area contributed by atoms with E-state index in [9.17, 15) is 23.2 Å². The van der Waals surface area contributed by atoms with E-state index in [1.165, 1.54) is 22.9 Å². The minimum Gasteiger partial charge on any atom is -0.476 e. The summed E-state index contributed by atoms with van der Waals surface area (Å²) in [6, 6.07) is 5.35. The maximum absolute atomic E-state index is 12.8. The molecule has 0 atom stereocenters.